The topological polar surface area (TPSA) is 63.4 Å². The first-order chi connectivity index (χ1) is 15.0. The molecule has 5 rings (SSSR count). The Morgan fingerprint density at radius 1 is 1.10 bits per heavy atom. The second-order valence-corrected chi connectivity index (χ2v) is 9.47. The smallest absolute Gasteiger partial charge is 0.273 e. The third-order valence-electron chi connectivity index (χ3n) is 6.98. The molecule has 3 aromatic rings. The predicted molar refractivity (Wildman–Crippen MR) is 120 cm³/mol. The average Bonchev–Trinajstić information content (AvgIpc) is 3.38. The molecule has 1 aliphatic carbocycles. The lowest BCUT2D eigenvalue weighted by Crippen LogP contribution is -2.39. The van der Waals surface area contributed by atoms with Crippen molar-refractivity contribution < 1.29 is 4.79 Å². The van der Waals surface area contributed by atoms with Crippen molar-refractivity contribution in [2.75, 3.05) is 6.54 Å². The fourth-order valence-electron chi connectivity index (χ4n) is 5.37. The zero-order valence-electron chi connectivity index (χ0n) is 18.7. The number of rotatable bonds is 3. The number of carbonyl (C=O) groups is 1. The van der Waals surface area contributed by atoms with Gasteiger partial charge in [0.05, 0.1) is 17.4 Å². The van der Waals surface area contributed by atoms with Gasteiger partial charge in [-0.25, -0.2) is 14.5 Å². The Bertz CT molecular complexity index is 1120. The van der Waals surface area contributed by atoms with E-state index >= 15 is 0 Å². The summed E-state index contributed by atoms with van der Waals surface area (Å²) in [5.74, 6) is 1.33. The number of hydrogen-bond donors (Lipinski definition) is 0. The predicted octanol–water partition coefficient (Wildman–Crippen LogP) is 5.01. The minimum Gasteiger partial charge on any atom is -0.329 e. The van der Waals surface area contributed by atoms with Crippen LogP contribution in [0, 0.1) is 19.8 Å². The van der Waals surface area contributed by atoms with Gasteiger partial charge in [0.1, 0.15) is 5.69 Å². The van der Waals surface area contributed by atoms with Crippen LogP contribution in [0.25, 0.3) is 5.65 Å². The molecule has 1 unspecified atom stereocenters. The van der Waals surface area contributed by atoms with Crippen molar-refractivity contribution in [1.82, 2.24) is 24.5 Å². The van der Waals surface area contributed by atoms with Crippen molar-refractivity contribution in [3.05, 3.63) is 58.8 Å². The van der Waals surface area contributed by atoms with Crippen LogP contribution in [0.3, 0.4) is 0 Å². The molecule has 3 atom stereocenters. The zero-order chi connectivity index (χ0) is 21.5. The Morgan fingerprint density at radius 2 is 1.97 bits per heavy atom. The second kappa shape index (κ2) is 8.06. The van der Waals surface area contributed by atoms with Gasteiger partial charge in [-0.2, -0.15) is 5.10 Å². The van der Waals surface area contributed by atoms with Crippen LogP contribution in [0.15, 0.2) is 30.5 Å². The third-order valence-corrected chi connectivity index (χ3v) is 6.98. The molecule has 0 radical (unpaired) electrons. The molecule has 3 aromatic heterocycles. The number of amides is 1. The monoisotopic (exact) mass is 417 g/mol. The maximum atomic E-state index is 13.3. The molecule has 1 aliphatic heterocycles. The van der Waals surface area contributed by atoms with Gasteiger partial charge in [-0.15, -0.1) is 0 Å². The summed E-state index contributed by atoms with van der Waals surface area (Å²) in [5, 5.41) is 4.86. The van der Waals surface area contributed by atoms with Crippen molar-refractivity contribution in [3.63, 3.8) is 0 Å². The molecule has 0 aromatic carbocycles. The molecule has 0 spiro atoms. The quantitative estimate of drug-likeness (QED) is 0.601. The first kappa shape index (κ1) is 20.2. The Balaban J connectivity index is 1.47. The van der Waals surface area contributed by atoms with E-state index in [9.17, 15) is 4.79 Å². The molecule has 6 nitrogen and oxygen atoms in total. The van der Waals surface area contributed by atoms with E-state index in [1.165, 1.54) is 30.5 Å². The number of piperidine rings is 1. The lowest BCUT2D eigenvalue weighted by atomic mass is 9.98. The van der Waals surface area contributed by atoms with E-state index in [4.69, 9.17) is 10.1 Å². The number of pyridine rings is 1. The molecule has 4 heterocycles. The zero-order valence-corrected chi connectivity index (χ0v) is 18.7. The van der Waals surface area contributed by atoms with Gasteiger partial charge in [0.2, 0.25) is 0 Å². The first-order valence-corrected chi connectivity index (χ1v) is 11.6. The standard InChI is InChI=1S/C25H31N5O/c1-16-10-11-19(13-16)24-17(2)15-30-23(27-24)14-21(28-30)22-9-4-5-12-29(22)25(31)20-8-6-7-18(3)26-20/h6-8,14-16,19,22H,4-5,9-13H2,1-3H3/t16-,19?,22-/m0/s1. The molecule has 1 amide bonds. The van der Waals surface area contributed by atoms with Crippen LogP contribution in [0.5, 0.6) is 0 Å². The summed E-state index contributed by atoms with van der Waals surface area (Å²) in [6.07, 6.45) is 8.88. The van der Waals surface area contributed by atoms with E-state index in [1.807, 2.05) is 34.5 Å². The van der Waals surface area contributed by atoms with Crippen molar-refractivity contribution >= 4 is 11.6 Å². The number of aryl methyl sites for hydroxylation is 2. The third kappa shape index (κ3) is 3.84. The van der Waals surface area contributed by atoms with Crippen molar-refractivity contribution in [2.24, 2.45) is 5.92 Å². The summed E-state index contributed by atoms with van der Waals surface area (Å²) < 4.78 is 1.90. The number of likely N-dealkylation sites (tertiary alicyclic amines) is 1. The van der Waals surface area contributed by atoms with E-state index in [0.29, 0.717) is 11.6 Å². The summed E-state index contributed by atoms with van der Waals surface area (Å²) in [6.45, 7) is 7.14. The molecular formula is C25H31N5O. The van der Waals surface area contributed by atoms with Crippen LogP contribution < -0.4 is 0 Å². The summed E-state index contributed by atoms with van der Waals surface area (Å²) in [6, 6.07) is 7.69. The minimum absolute atomic E-state index is 0.00442. The molecule has 2 aliphatic rings. The van der Waals surface area contributed by atoms with E-state index in [-0.39, 0.29) is 11.9 Å². The number of hydrogen-bond acceptors (Lipinski definition) is 4. The van der Waals surface area contributed by atoms with E-state index < -0.39 is 0 Å². The van der Waals surface area contributed by atoms with Gasteiger partial charge < -0.3 is 4.90 Å². The molecule has 0 bridgehead atoms. The molecular weight excluding hydrogens is 386 g/mol. The van der Waals surface area contributed by atoms with Gasteiger partial charge in [-0.05, 0) is 69.6 Å². The van der Waals surface area contributed by atoms with Crippen LogP contribution in [0.1, 0.15) is 90.5 Å². The molecule has 2 fully saturated rings. The number of carbonyl (C=O) groups excluding carboxylic acids is 1. The van der Waals surface area contributed by atoms with Crippen LogP contribution in [0.4, 0.5) is 0 Å². The highest BCUT2D eigenvalue weighted by Crippen LogP contribution is 2.39. The maximum Gasteiger partial charge on any atom is 0.273 e. The van der Waals surface area contributed by atoms with Crippen molar-refractivity contribution in [2.45, 2.75) is 71.3 Å². The second-order valence-electron chi connectivity index (χ2n) is 9.47. The normalized spacial score (nSPS) is 24.1. The fourth-order valence-corrected chi connectivity index (χ4v) is 5.37. The van der Waals surface area contributed by atoms with Crippen LogP contribution in [0.2, 0.25) is 0 Å². The number of aromatic nitrogens is 4. The Morgan fingerprint density at radius 3 is 2.74 bits per heavy atom. The molecule has 6 heteroatoms. The minimum atomic E-state index is -0.0273. The maximum absolute atomic E-state index is 13.3. The first-order valence-electron chi connectivity index (χ1n) is 11.6. The summed E-state index contributed by atoms with van der Waals surface area (Å²) in [5.41, 5.74) is 5.64. The molecule has 1 saturated carbocycles. The highest BCUT2D eigenvalue weighted by atomic mass is 16.2. The highest BCUT2D eigenvalue weighted by Gasteiger charge is 2.32. The Kier molecular flexibility index (Phi) is 5.24. The molecule has 162 valence electrons. The van der Waals surface area contributed by atoms with Gasteiger partial charge >= 0.3 is 0 Å². The SMILES string of the molecule is Cc1cccc(C(=O)N2CCCC[C@H]2c2cc3nc(C4CC[C@H](C)C4)c(C)cn3n2)n1. The summed E-state index contributed by atoms with van der Waals surface area (Å²) in [7, 11) is 0. The van der Waals surface area contributed by atoms with Gasteiger partial charge in [0, 0.05) is 30.4 Å². The summed E-state index contributed by atoms with van der Waals surface area (Å²) in [4.78, 5) is 24.7. The molecule has 0 N–H and O–H groups in total. The van der Waals surface area contributed by atoms with Crippen molar-refractivity contribution in [3.8, 4) is 0 Å². The van der Waals surface area contributed by atoms with E-state index in [1.54, 1.807) is 0 Å². The number of fused-ring (bicyclic) bond motifs is 1. The fraction of sp³-hybridized carbons (Fsp3) is 0.520. The molecule has 1 saturated heterocycles. The Labute approximate surface area is 183 Å². The van der Waals surface area contributed by atoms with Gasteiger partial charge in [-0.3, -0.25) is 4.79 Å². The van der Waals surface area contributed by atoms with Crippen LogP contribution in [-0.4, -0.2) is 36.9 Å². The van der Waals surface area contributed by atoms with Crippen LogP contribution in [-0.2, 0) is 0 Å². The van der Waals surface area contributed by atoms with E-state index in [0.717, 1.165) is 48.8 Å². The number of nitrogens with zero attached hydrogens (tertiary/aromatic N) is 5. The molecule has 31 heavy (non-hydrogen) atoms. The lowest BCUT2D eigenvalue weighted by Gasteiger charge is -2.34. The van der Waals surface area contributed by atoms with Crippen molar-refractivity contribution in [1.29, 1.82) is 0 Å². The highest BCUT2D eigenvalue weighted by molar-refractivity contribution is 5.92. The van der Waals surface area contributed by atoms with E-state index in [2.05, 4.69) is 31.1 Å². The van der Waals surface area contributed by atoms with Gasteiger partial charge in [0.25, 0.3) is 5.91 Å². The average molecular weight is 418 g/mol. The summed E-state index contributed by atoms with van der Waals surface area (Å²) >= 11 is 0. The van der Waals surface area contributed by atoms with Gasteiger partial charge in [-0.1, -0.05) is 19.4 Å². The largest absolute Gasteiger partial charge is 0.329 e. The lowest BCUT2D eigenvalue weighted by molar-refractivity contribution is 0.0599. The van der Waals surface area contributed by atoms with Crippen LogP contribution >= 0.6 is 0 Å². The Hall–Kier alpha value is -2.76. The van der Waals surface area contributed by atoms with Gasteiger partial charge in [0.15, 0.2) is 5.65 Å².